The normalized spacial score (nSPS) is 16.7. The van der Waals surface area contributed by atoms with Gasteiger partial charge in [-0.1, -0.05) is 30.3 Å². The minimum absolute atomic E-state index is 0.167. The van der Waals surface area contributed by atoms with Crippen molar-refractivity contribution in [3.63, 3.8) is 0 Å². The average molecular weight is 260 g/mol. The van der Waals surface area contributed by atoms with Gasteiger partial charge in [0.25, 0.3) is 0 Å². The van der Waals surface area contributed by atoms with E-state index in [0.717, 1.165) is 31.6 Å². The van der Waals surface area contributed by atoms with Crippen LogP contribution in [0.5, 0.6) is 0 Å². The fourth-order valence-corrected chi connectivity index (χ4v) is 2.23. The molecule has 1 fully saturated rings. The second-order valence-corrected chi connectivity index (χ2v) is 4.98. The topological polar surface area (TPSA) is 40.6 Å². The lowest BCUT2D eigenvalue weighted by Gasteiger charge is -2.31. The quantitative estimate of drug-likeness (QED) is 0.752. The van der Waals surface area contributed by atoms with Crippen molar-refractivity contribution in [1.82, 2.24) is 9.80 Å². The molecule has 0 aliphatic carbocycles. The highest BCUT2D eigenvalue weighted by Crippen LogP contribution is 2.07. The third-order valence-electron chi connectivity index (χ3n) is 3.51. The maximum absolute atomic E-state index is 11.9. The first kappa shape index (κ1) is 13.7. The first-order valence-corrected chi connectivity index (χ1v) is 6.71. The van der Waals surface area contributed by atoms with E-state index in [9.17, 15) is 9.59 Å². The van der Waals surface area contributed by atoms with Crippen LogP contribution in [-0.2, 0) is 4.79 Å². The van der Waals surface area contributed by atoms with Gasteiger partial charge in [0.2, 0.25) is 5.91 Å². The van der Waals surface area contributed by atoms with Crippen molar-refractivity contribution in [3.8, 4) is 0 Å². The average Bonchev–Trinajstić information content (AvgIpc) is 2.43. The molecule has 1 aromatic rings. The predicted octanol–water partition coefficient (Wildman–Crippen LogP) is 1.42. The number of nitrogens with zero attached hydrogens (tertiary/aromatic N) is 2. The van der Waals surface area contributed by atoms with E-state index in [-0.39, 0.29) is 11.7 Å². The molecule has 0 spiro atoms. The number of carbonyl (C=O) groups excluding carboxylic acids is 2. The molecule has 1 aliphatic heterocycles. The standard InChI is InChI=1S/C15H20N2O2/c1-16-10-11-17(12-15(16)19)9-5-8-14(18)13-6-3-2-4-7-13/h2-4,6-7H,5,8-12H2,1H3. The lowest BCUT2D eigenvalue weighted by molar-refractivity contribution is -0.134. The first-order chi connectivity index (χ1) is 9.16. The molecule has 0 atom stereocenters. The van der Waals surface area contributed by atoms with Crippen molar-refractivity contribution in [2.75, 3.05) is 33.2 Å². The lowest BCUT2D eigenvalue weighted by atomic mass is 10.1. The molecular weight excluding hydrogens is 240 g/mol. The fourth-order valence-electron chi connectivity index (χ4n) is 2.23. The summed E-state index contributed by atoms with van der Waals surface area (Å²) in [5, 5.41) is 0. The zero-order valence-electron chi connectivity index (χ0n) is 11.3. The molecule has 1 amide bonds. The van der Waals surface area contributed by atoms with Gasteiger partial charge in [-0.3, -0.25) is 14.5 Å². The van der Waals surface area contributed by atoms with E-state index in [1.807, 2.05) is 37.4 Å². The van der Waals surface area contributed by atoms with Crippen molar-refractivity contribution in [1.29, 1.82) is 0 Å². The molecule has 1 aliphatic rings. The number of amides is 1. The van der Waals surface area contributed by atoms with Gasteiger partial charge in [0.15, 0.2) is 5.78 Å². The maximum Gasteiger partial charge on any atom is 0.236 e. The minimum atomic E-state index is 0.167. The number of hydrogen-bond donors (Lipinski definition) is 0. The molecule has 0 N–H and O–H groups in total. The van der Waals surface area contributed by atoms with Gasteiger partial charge in [-0.15, -0.1) is 0 Å². The van der Waals surface area contributed by atoms with E-state index in [4.69, 9.17) is 0 Å². The van der Waals surface area contributed by atoms with E-state index in [2.05, 4.69) is 4.90 Å². The summed E-state index contributed by atoms with van der Waals surface area (Å²) in [6.07, 6.45) is 1.36. The molecule has 4 nitrogen and oxygen atoms in total. The number of likely N-dealkylation sites (N-methyl/N-ethyl adjacent to an activating group) is 1. The SMILES string of the molecule is CN1CCN(CCCC(=O)c2ccccc2)CC1=O. The van der Waals surface area contributed by atoms with E-state index in [1.165, 1.54) is 0 Å². The molecule has 0 saturated carbocycles. The van der Waals surface area contributed by atoms with Gasteiger partial charge >= 0.3 is 0 Å². The third-order valence-corrected chi connectivity index (χ3v) is 3.51. The smallest absolute Gasteiger partial charge is 0.236 e. The molecule has 0 aromatic heterocycles. The van der Waals surface area contributed by atoms with E-state index in [0.29, 0.717) is 13.0 Å². The predicted molar refractivity (Wildman–Crippen MR) is 74.1 cm³/mol. The summed E-state index contributed by atoms with van der Waals surface area (Å²) in [5.74, 6) is 0.349. The van der Waals surface area contributed by atoms with Crippen LogP contribution in [-0.4, -0.2) is 54.7 Å². The summed E-state index contributed by atoms with van der Waals surface area (Å²) in [5.41, 5.74) is 0.775. The Balaban J connectivity index is 1.72. The molecule has 0 unspecified atom stereocenters. The van der Waals surface area contributed by atoms with Crippen molar-refractivity contribution in [2.24, 2.45) is 0 Å². The summed E-state index contributed by atoms with van der Waals surface area (Å²) >= 11 is 0. The highest BCUT2D eigenvalue weighted by atomic mass is 16.2. The van der Waals surface area contributed by atoms with Crippen LogP contribution in [0.2, 0.25) is 0 Å². The zero-order valence-corrected chi connectivity index (χ0v) is 11.3. The summed E-state index contributed by atoms with van der Waals surface area (Å²) in [7, 11) is 1.83. The summed E-state index contributed by atoms with van der Waals surface area (Å²) < 4.78 is 0. The summed E-state index contributed by atoms with van der Waals surface area (Å²) in [6.45, 7) is 2.99. The molecule has 0 bridgehead atoms. The van der Waals surface area contributed by atoms with Crippen LogP contribution in [0.3, 0.4) is 0 Å². The first-order valence-electron chi connectivity index (χ1n) is 6.71. The van der Waals surface area contributed by atoms with Crippen LogP contribution < -0.4 is 0 Å². The Morgan fingerprint density at radius 3 is 2.63 bits per heavy atom. The lowest BCUT2D eigenvalue weighted by Crippen LogP contribution is -2.48. The second-order valence-electron chi connectivity index (χ2n) is 4.98. The Morgan fingerprint density at radius 1 is 1.21 bits per heavy atom. The van der Waals surface area contributed by atoms with Gasteiger partial charge < -0.3 is 4.90 Å². The van der Waals surface area contributed by atoms with Crippen molar-refractivity contribution in [3.05, 3.63) is 35.9 Å². The Bertz CT molecular complexity index is 445. The molecule has 4 heteroatoms. The van der Waals surface area contributed by atoms with Crippen LogP contribution in [0, 0.1) is 0 Å². The maximum atomic E-state index is 11.9. The minimum Gasteiger partial charge on any atom is -0.343 e. The van der Waals surface area contributed by atoms with Crippen LogP contribution in [0.15, 0.2) is 30.3 Å². The number of Topliss-reactive ketones (excluding diaryl/α,β-unsaturated/α-hetero) is 1. The van der Waals surface area contributed by atoms with Gasteiger partial charge in [-0.25, -0.2) is 0 Å². The number of carbonyl (C=O) groups is 2. The largest absolute Gasteiger partial charge is 0.343 e. The Morgan fingerprint density at radius 2 is 1.95 bits per heavy atom. The van der Waals surface area contributed by atoms with Gasteiger partial charge in [-0.05, 0) is 13.0 Å². The Hall–Kier alpha value is -1.68. The Labute approximate surface area is 114 Å². The molecule has 1 saturated heterocycles. The summed E-state index contributed by atoms with van der Waals surface area (Å²) in [6, 6.07) is 9.37. The van der Waals surface area contributed by atoms with E-state index in [1.54, 1.807) is 4.90 Å². The van der Waals surface area contributed by atoms with Crippen LogP contribution in [0.1, 0.15) is 23.2 Å². The fraction of sp³-hybridized carbons (Fsp3) is 0.467. The van der Waals surface area contributed by atoms with E-state index < -0.39 is 0 Å². The second kappa shape index (κ2) is 6.48. The van der Waals surface area contributed by atoms with Crippen LogP contribution >= 0.6 is 0 Å². The molecule has 2 rings (SSSR count). The van der Waals surface area contributed by atoms with Crippen LogP contribution in [0.25, 0.3) is 0 Å². The van der Waals surface area contributed by atoms with Gasteiger partial charge in [-0.2, -0.15) is 0 Å². The zero-order chi connectivity index (χ0) is 13.7. The number of rotatable bonds is 5. The molecule has 0 radical (unpaired) electrons. The van der Waals surface area contributed by atoms with Crippen molar-refractivity contribution < 1.29 is 9.59 Å². The van der Waals surface area contributed by atoms with Gasteiger partial charge in [0.05, 0.1) is 6.54 Å². The molecular formula is C15H20N2O2. The number of hydrogen-bond acceptors (Lipinski definition) is 3. The highest BCUT2D eigenvalue weighted by molar-refractivity contribution is 5.95. The molecule has 102 valence electrons. The monoisotopic (exact) mass is 260 g/mol. The Kier molecular flexibility index (Phi) is 4.68. The van der Waals surface area contributed by atoms with Crippen molar-refractivity contribution in [2.45, 2.75) is 12.8 Å². The summed E-state index contributed by atoms with van der Waals surface area (Å²) in [4.78, 5) is 27.3. The molecule has 1 aromatic carbocycles. The number of ketones is 1. The van der Waals surface area contributed by atoms with Gasteiger partial charge in [0.1, 0.15) is 0 Å². The highest BCUT2D eigenvalue weighted by Gasteiger charge is 2.20. The van der Waals surface area contributed by atoms with Crippen LogP contribution in [0.4, 0.5) is 0 Å². The number of benzene rings is 1. The molecule has 1 heterocycles. The van der Waals surface area contributed by atoms with Gasteiger partial charge in [0, 0.05) is 32.1 Å². The molecule has 19 heavy (non-hydrogen) atoms. The van der Waals surface area contributed by atoms with E-state index >= 15 is 0 Å². The third kappa shape index (κ3) is 3.89. The van der Waals surface area contributed by atoms with Crippen molar-refractivity contribution >= 4 is 11.7 Å². The number of piperazine rings is 1.